The Morgan fingerprint density at radius 1 is 1.24 bits per heavy atom. The summed E-state index contributed by atoms with van der Waals surface area (Å²) in [6.07, 6.45) is 3.37. The maximum absolute atomic E-state index is 12.3. The molecule has 1 amide bonds. The van der Waals surface area contributed by atoms with Crippen LogP contribution in [0.1, 0.15) is 39.0 Å². The maximum Gasteiger partial charge on any atom is 0.348 e. The SMILES string of the molecule is COC(=O)[C@H](Cc1ccccc1)NC(=O)COC(=O)c1cc2c(s1)CC[C@@H](C)C2. The highest BCUT2D eigenvalue weighted by atomic mass is 32.1. The molecule has 1 heterocycles. The molecule has 0 bridgehead atoms. The average Bonchev–Trinajstić information content (AvgIpc) is 3.15. The number of hydrogen-bond acceptors (Lipinski definition) is 6. The van der Waals surface area contributed by atoms with Gasteiger partial charge >= 0.3 is 11.9 Å². The predicted molar refractivity (Wildman–Crippen MR) is 110 cm³/mol. The van der Waals surface area contributed by atoms with Crippen molar-refractivity contribution in [2.24, 2.45) is 5.92 Å². The number of fused-ring (bicyclic) bond motifs is 1. The molecule has 0 unspecified atom stereocenters. The number of benzene rings is 1. The summed E-state index contributed by atoms with van der Waals surface area (Å²) in [6.45, 7) is 1.76. The molecule has 0 spiro atoms. The van der Waals surface area contributed by atoms with E-state index in [9.17, 15) is 14.4 Å². The molecule has 3 rings (SSSR count). The van der Waals surface area contributed by atoms with E-state index in [4.69, 9.17) is 9.47 Å². The highest BCUT2D eigenvalue weighted by Gasteiger charge is 2.24. The quantitative estimate of drug-likeness (QED) is 0.703. The van der Waals surface area contributed by atoms with Crippen molar-refractivity contribution in [3.8, 4) is 0 Å². The summed E-state index contributed by atoms with van der Waals surface area (Å²) >= 11 is 1.44. The van der Waals surface area contributed by atoms with Gasteiger partial charge in [-0.25, -0.2) is 9.59 Å². The van der Waals surface area contributed by atoms with Gasteiger partial charge < -0.3 is 14.8 Å². The van der Waals surface area contributed by atoms with Crippen LogP contribution in [-0.4, -0.2) is 37.6 Å². The van der Waals surface area contributed by atoms with Gasteiger partial charge in [-0.2, -0.15) is 0 Å². The lowest BCUT2D eigenvalue weighted by Crippen LogP contribution is -2.44. The van der Waals surface area contributed by atoms with Crippen LogP contribution in [0.2, 0.25) is 0 Å². The number of carbonyl (C=O) groups excluding carboxylic acids is 3. The predicted octanol–water partition coefficient (Wildman–Crippen LogP) is 2.93. The third kappa shape index (κ3) is 5.67. The normalized spacial score (nSPS) is 16.4. The molecule has 6 nitrogen and oxygen atoms in total. The number of thiophene rings is 1. The average molecular weight is 416 g/mol. The van der Waals surface area contributed by atoms with E-state index in [1.54, 1.807) is 0 Å². The highest BCUT2D eigenvalue weighted by Crippen LogP contribution is 2.32. The van der Waals surface area contributed by atoms with Crippen molar-refractivity contribution in [3.63, 3.8) is 0 Å². The smallest absolute Gasteiger partial charge is 0.348 e. The number of rotatable bonds is 7. The molecular formula is C22H25NO5S. The van der Waals surface area contributed by atoms with E-state index in [1.165, 1.54) is 28.9 Å². The molecule has 1 N–H and O–H groups in total. The number of aryl methyl sites for hydroxylation is 1. The Bertz CT molecular complexity index is 877. The van der Waals surface area contributed by atoms with E-state index in [0.29, 0.717) is 17.2 Å². The van der Waals surface area contributed by atoms with Gasteiger partial charge in [0.05, 0.1) is 7.11 Å². The first-order chi connectivity index (χ1) is 14.0. The first kappa shape index (κ1) is 21.0. The Balaban J connectivity index is 1.54. The van der Waals surface area contributed by atoms with Crippen LogP contribution in [0, 0.1) is 5.92 Å². The van der Waals surface area contributed by atoms with E-state index < -0.39 is 30.5 Å². The topological polar surface area (TPSA) is 81.7 Å². The summed E-state index contributed by atoms with van der Waals surface area (Å²) < 4.78 is 9.94. The molecule has 1 aromatic heterocycles. The van der Waals surface area contributed by atoms with Crippen LogP contribution in [0.5, 0.6) is 0 Å². The number of nitrogens with one attached hydrogen (secondary N) is 1. The molecule has 1 aromatic carbocycles. The zero-order chi connectivity index (χ0) is 20.8. The largest absolute Gasteiger partial charge is 0.467 e. The summed E-state index contributed by atoms with van der Waals surface area (Å²) in [5.41, 5.74) is 2.09. The summed E-state index contributed by atoms with van der Waals surface area (Å²) in [5.74, 6) is -0.982. The molecule has 7 heteroatoms. The van der Waals surface area contributed by atoms with E-state index in [0.717, 1.165) is 24.8 Å². The van der Waals surface area contributed by atoms with Gasteiger partial charge in [0.2, 0.25) is 0 Å². The molecule has 29 heavy (non-hydrogen) atoms. The maximum atomic E-state index is 12.3. The minimum atomic E-state index is -0.843. The molecule has 154 valence electrons. The number of methoxy groups -OCH3 is 1. The third-order valence-electron chi connectivity index (χ3n) is 4.97. The zero-order valence-corrected chi connectivity index (χ0v) is 17.4. The first-order valence-electron chi connectivity index (χ1n) is 9.66. The monoisotopic (exact) mass is 415 g/mol. The molecule has 2 atom stereocenters. The van der Waals surface area contributed by atoms with E-state index in [-0.39, 0.29) is 0 Å². The Morgan fingerprint density at radius 2 is 2.00 bits per heavy atom. The van der Waals surface area contributed by atoms with Crippen LogP contribution in [0.15, 0.2) is 36.4 Å². The minimum absolute atomic E-state index is 0.295. The fourth-order valence-corrected chi connectivity index (χ4v) is 4.53. The lowest BCUT2D eigenvalue weighted by atomic mass is 9.90. The summed E-state index contributed by atoms with van der Waals surface area (Å²) in [4.78, 5) is 38.3. The summed E-state index contributed by atoms with van der Waals surface area (Å²) in [6, 6.07) is 10.3. The van der Waals surface area contributed by atoms with E-state index >= 15 is 0 Å². The van der Waals surface area contributed by atoms with Crippen LogP contribution in [0.3, 0.4) is 0 Å². The molecule has 0 radical (unpaired) electrons. The zero-order valence-electron chi connectivity index (χ0n) is 16.6. The number of hydrogen-bond donors (Lipinski definition) is 1. The Labute approximate surface area is 174 Å². The van der Waals surface area contributed by atoms with Crippen molar-refractivity contribution < 1.29 is 23.9 Å². The number of esters is 2. The second-order valence-electron chi connectivity index (χ2n) is 7.32. The van der Waals surface area contributed by atoms with Gasteiger partial charge in [-0.3, -0.25) is 4.79 Å². The van der Waals surface area contributed by atoms with Gasteiger partial charge in [-0.05, 0) is 42.4 Å². The molecule has 0 saturated carbocycles. The fourth-order valence-electron chi connectivity index (χ4n) is 3.43. The van der Waals surface area contributed by atoms with Crippen LogP contribution < -0.4 is 5.32 Å². The standard InChI is InChI=1S/C22H25NO5S/c1-14-8-9-18-16(10-14)12-19(29-18)22(26)28-13-20(24)23-17(21(25)27-2)11-15-6-4-3-5-7-15/h3-7,12,14,17H,8-11,13H2,1-2H3,(H,23,24)/t14-,17+/m1/s1. The van der Waals surface area contributed by atoms with Crippen molar-refractivity contribution in [1.29, 1.82) is 0 Å². The fraction of sp³-hybridized carbons (Fsp3) is 0.409. The summed E-state index contributed by atoms with van der Waals surface area (Å²) in [7, 11) is 1.27. The van der Waals surface area contributed by atoms with Crippen molar-refractivity contribution in [2.75, 3.05) is 13.7 Å². The molecule has 0 saturated heterocycles. The lowest BCUT2D eigenvalue weighted by Gasteiger charge is -2.16. The third-order valence-corrected chi connectivity index (χ3v) is 6.19. The van der Waals surface area contributed by atoms with E-state index in [1.807, 2.05) is 36.4 Å². The molecule has 1 aliphatic rings. The lowest BCUT2D eigenvalue weighted by molar-refractivity contribution is -0.145. The molecule has 2 aromatic rings. The Hall–Kier alpha value is -2.67. The molecule has 0 fully saturated rings. The van der Waals surface area contributed by atoms with Gasteiger partial charge in [0.25, 0.3) is 5.91 Å². The minimum Gasteiger partial charge on any atom is -0.467 e. The van der Waals surface area contributed by atoms with Gasteiger partial charge in [0, 0.05) is 11.3 Å². The molecular weight excluding hydrogens is 390 g/mol. The van der Waals surface area contributed by atoms with Crippen molar-refractivity contribution >= 4 is 29.2 Å². The second-order valence-corrected chi connectivity index (χ2v) is 8.45. The van der Waals surface area contributed by atoms with Gasteiger partial charge in [0.1, 0.15) is 10.9 Å². The second kappa shape index (κ2) is 9.69. The number of carbonyl (C=O) groups is 3. The Morgan fingerprint density at radius 3 is 2.72 bits per heavy atom. The van der Waals surface area contributed by atoms with E-state index in [2.05, 4.69) is 12.2 Å². The Kier molecular flexibility index (Phi) is 7.04. The summed E-state index contributed by atoms with van der Waals surface area (Å²) in [5, 5.41) is 2.59. The van der Waals surface area contributed by atoms with Crippen LogP contribution in [0.25, 0.3) is 0 Å². The van der Waals surface area contributed by atoms with Crippen LogP contribution >= 0.6 is 11.3 Å². The van der Waals surface area contributed by atoms with Gasteiger partial charge in [-0.15, -0.1) is 11.3 Å². The number of ether oxygens (including phenoxy) is 2. The van der Waals surface area contributed by atoms with Crippen molar-refractivity contribution in [1.82, 2.24) is 5.32 Å². The number of amides is 1. The highest BCUT2D eigenvalue weighted by molar-refractivity contribution is 7.14. The van der Waals surface area contributed by atoms with Crippen LogP contribution in [-0.2, 0) is 38.3 Å². The van der Waals surface area contributed by atoms with Crippen molar-refractivity contribution in [3.05, 3.63) is 57.3 Å². The molecule has 1 aliphatic carbocycles. The van der Waals surface area contributed by atoms with Crippen LogP contribution in [0.4, 0.5) is 0 Å². The van der Waals surface area contributed by atoms with Gasteiger partial charge in [-0.1, -0.05) is 37.3 Å². The molecule has 0 aliphatic heterocycles. The first-order valence-corrected chi connectivity index (χ1v) is 10.5. The van der Waals surface area contributed by atoms with Crippen molar-refractivity contribution in [2.45, 2.75) is 38.6 Å². The van der Waals surface area contributed by atoms with Gasteiger partial charge in [0.15, 0.2) is 6.61 Å².